The zero-order valence-corrected chi connectivity index (χ0v) is 17.1. The molecule has 1 unspecified atom stereocenters. The van der Waals surface area contributed by atoms with Gasteiger partial charge < -0.3 is 11.1 Å². The van der Waals surface area contributed by atoms with Crippen LogP contribution in [0.5, 0.6) is 0 Å². The fraction of sp³-hybridized carbons (Fsp3) is 1.00. The van der Waals surface area contributed by atoms with Crippen LogP contribution in [0.25, 0.3) is 0 Å². The summed E-state index contributed by atoms with van der Waals surface area (Å²) >= 11 is 0. The van der Waals surface area contributed by atoms with Gasteiger partial charge >= 0.3 is 5.97 Å². The number of nitrogens with two attached hydrogens (primary N) is 1. The lowest BCUT2D eigenvalue weighted by molar-refractivity contribution is -0.635. The Labute approximate surface area is 158 Å². The van der Waals surface area contributed by atoms with Gasteiger partial charge in [-0.3, -0.25) is 0 Å². The molecule has 0 bridgehead atoms. The van der Waals surface area contributed by atoms with Gasteiger partial charge in [0.2, 0.25) is 0 Å². The summed E-state index contributed by atoms with van der Waals surface area (Å²) in [6.07, 6.45) is 9.78. The van der Waals surface area contributed by atoms with E-state index in [1.165, 1.54) is 47.0 Å². The summed E-state index contributed by atoms with van der Waals surface area (Å²) in [5.41, 5.74) is 5.50. The highest BCUT2D eigenvalue weighted by molar-refractivity contribution is 4.70. The average Bonchev–Trinajstić information content (AvgIpc) is 2.63. The molecule has 26 heavy (non-hydrogen) atoms. The van der Waals surface area contributed by atoms with E-state index in [0.29, 0.717) is 6.54 Å². The number of nitrogens with one attached hydrogen (secondary N) is 1. The van der Waals surface area contributed by atoms with E-state index >= 15 is 0 Å². The van der Waals surface area contributed by atoms with Gasteiger partial charge in [-0.2, -0.15) is 14.7 Å². The van der Waals surface area contributed by atoms with E-state index in [2.05, 4.69) is 12.2 Å². The molecule has 8 heteroatoms. The minimum Gasteiger partial charge on any atom is -0.329 e. The Balaban J connectivity index is 4.74. The molecule has 0 saturated carbocycles. The molecule has 0 rings (SSSR count). The maximum atomic E-state index is 5.50. The number of unbranched alkanes of at least 4 members (excludes halogenated alkanes) is 5. The molecule has 0 aromatic carbocycles. The molecule has 0 aliphatic heterocycles. The van der Waals surface area contributed by atoms with Crippen LogP contribution in [-0.2, 0) is 29.3 Å². The van der Waals surface area contributed by atoms with Crippen LogP contribution in [0, 0.1) is 5.92 Å². The molecule has 0 aromatic rings. The fourth-order valence-electron chi connectivity index (χ4n) is 2.96. The highest BCUT2D eigenvalue weighted by Crippen LogP contribution is 2.34. The van der Waals surface area contributed by atoms with Gasteiger partial charge in [0.15, 0.2) is 0 Å². The summed E-state index contributed by atoms with van der Waals surface area (Å²) in [5, 5.41) is 3.29. The van der Waals surface area contributed by atoms with Gasteiger partial charge in [-0.05, 0) is 25.8 Å². The third-order valence-electron chi connectivity index (χ3n) is 4.23. The summed E-state index contributed by atoms with van der Waals surface area (Å²) in [7, 11) is 4.20. The number of hydrogen-bond acceptors (Lipinski definition) is 8. The van der Waals surface area contributed by atoms with E-state index in [-0.39, 0.29) is 5.92 Å². The van der Waals surface area contributed by atoms with Gasteiger partial charge in [0.1, 0.15) is 0 Å². The zero-order valence-electron chi connectivity index (χ0n) is 17.1. The van der Waals surface area contributed by atoms with E-state index in [1.807, 2.05) is 0 Å². The summed E-state index contributed by atoms with van der Waals surface area (Å²) < 4.78 is 0. The number of rotatable bonds is 20. The van der Waals surface area contributed by atoms with Crippen LogP contribution in [0.3, 0.4) is 0 Å². The van der Waals surface area contributed by atoms with Crippen molar-refractivity contribution in [3.63, 3.8) is 0 Å². The maximum absolute atomic E-state index is 5.50. The summed E-state index contributed by atoms with van der Waals surface area (Å²) in [6, 6.07) is 0. The lowest BCUT2D eigenvalue weighted by atomic mass is 9.93. The van der Waals surface area contributed by atoms with Crippen molar-refractivity contribution in [3.05, 3.63) is 0 Å². The minimum absolute atomic E-state index is 0.117. The molecular formula is C18H40N2O6. The van der Waals surface area contributed by atoms with Crippen LogP contribution in [0.2, 0.25) is 0 Å². The first kappa shape index (κ1) is 25.7. The van der Waals surface area contributed by atoms with Crippen molar-refractivity contribution in [1.29, 1.82) is 0 Å². The molecule has 0 aromatic heterocycles. The molecule has 0 amide bonds. The Hall–Kier alpha value is -0.320. The average molecular weight is 381 g/mol. The van der Waals surface area contributed by atoms with Gasteiger partial charge in [-0.15, -0.1) is 0 Å². The quantitative estimate of drug-likeness (QED) is 0.144. The van der Waals surface area contributed by atoms with Crippen LogP contribution in [0.15, 0.2) is 0 Å². The molecule has 0 radical (unpaired) electrons. The fourth-order valence-corrected chi connectivity index (χ4v) is 2.96. The van der Waals surface area contributed by atoms with E-state index in [0.717, 1.165) is 45.2 Å². The third kappa shape index (κ3) is 11.4. The predicted octanol–water partition coefficient (Wildman–Crippen LogP) is 3.07. The Bertz CT molecular complexity index is 280. The van der Waals surface area contributed by atoms with Crippen LogP contribution < -0.4 is 11.1 Å². The van der Waals surface area contributed by atoms with Gasteiger partial charge in [0.25, 0.3) is 0 Å². The standard InChI is InChI=1S/C18H40N2O6/c1-5-6-7-8-9-10-12-17(13-11-15-20-16-14-19)18(24-21-2,25-22-3)26-23-4/h17,20H,5-16,19H2,1-4H3. The topological polar surface area (TPSA) is 93.4 Å². The van der Waals surface area contributed by atoms with Crippen LogP contribution >= 0.6 is 0 Å². The van der Waals surface area contributed by atoms with Gasteiger partial charge in [0.05, 0.1) is 21.3 Å². The van der Waals surface area contributed by atoms with Crippen molar-refractivity contribution >= 4 is 0 Å². The summed E-state index contributed by atoms with van der Waals surface area (Å²) in [6.45, 7) is 4.49. The lowest BCUT2D eigenvalue weighted by Gasteiger charge is -2.34. The second-order valence-electron chi connectivity index (χ2n) is 6.29. The molecule has 0 aliphatic rings. The van der Waals surface area contributed by atoms with Crippen LogP contribution in [0.1, 0.15) is 64.7 Å². The van der Waals surface area contributed by atoms with Crippen molar-refractivity contribution in [2.45, 2.75) is 70.7 Å². The molecule has 158 valence electrons. The third-order valence-corrected chi connectivity index (χ3v) is 4.23. The van der Waals surface area contributed by atoms with Crippen molar-refractivity contribution in [3.8, 4) is 0 Å². The minimum atomic E-state index is -1.56. The van der Waals surface area contributed by atoms with Crippen molar-refractivity contribution in [2.75, 3.05) is 41.0 Å². The highest BCUT2D eigenvalue weighted by atomic mass is 17.4. The second kappa shape index (κ2) is 18.1. The SMILES string of the molecule is CCCCCCCCC(CCCNCCN)C(OOC)(OOC)OOC. The van der Waals surface area contributed by atoms with E-state index in [1.54, 1.807) is 0 Å². The molecule has 3 N–H and O–H groups in total. The van der Waals surface area contributed by atoms with Crippen molar-refractivity contribution < 1.29 is 29.3 Å². The molecule has 0 spiro atoms. The molecule has 0 aliphatic carbocycles. The molecular weight excluding hydrogens is 340 g/mol. The first-order valence-corrected chi connectivity index (χ1v) is 9.76. The van der Waals surface area contributed by atoms with Crippen LogP contribution in [0.4, 0.5) is 0 Å². The first-order valence-electron chi connectivity index (χ1n) is 9.76. The second-order valence-corrected chi connectivity index (χ2v) is 6.29. The maximum Gasteiger partial charge on any atom is 0.368 e. The normalized spacial score (nSPS) is 13.3. The van der Waals surface area contributed by atoms with E-state index in [9.17, 15) is 0 Å². The Kier molecular flexibility index (Phi) is 17.8. The predicted molar refractivity (Wildman–Crippen MR) is 99.7 cm³/mol. The lowest BCUT2D eigenvalue weighted by Crippen LogP contribution is -2.46. The van der Waals surface area contributed by atoms with Gasteiger partial charge in [0, 0.05) is 19.0 Å². The largest absolute Gasteiger partial charge is 0.368 e. The smallest absolute Gasteiger partial charge is 0.329 e. The Morgan fingerprint density at radius 1 is 0.769 bits per heavy atom. The van der Waals surface area contributed by atoms with E-state index < -0.39 is 5.97 Å². The van der Waals surface area contributed by atoms with Crippen molar-refractivity contribution in [2.24, 2.45) is 11.7 Å². The zero-order chi connectivity index (χ0) is 19.5. The Morgan fingerprint density at radius 2 is 1.31 bits per heavy atom. The van der Waals surface area contributed by atoms with E-state index in [4.69, 9.17) is 35.1 Å². The molecule has 0 heterocycles. The number of hydrogen-bond donors (Lipinski definition) is 2. The molecule has 0 saturated heterocycles. The summed E-state index contributed by atoms with van der Waals surface area (Å²) in [4.78, 5) is 30.5. The highest BCUT2D eigenvalue weighted by Gasteiger charge is 2.46. The van der Waals surface area contributed by atoms with Crippen molar-refractivity contribution in [1.82, 2.24) is 5.32 Å². The van der Waals surface area contributed by atoms with Gasteiger partial charge in [-0.1, -0.05) is 45.4 Å². The molecule has 1 atom stereocenters. The van der Waals surface area contributed by atoms with Gasteiger partial charge in [-0.25, -0.2) is 14.7 Å². The molecule has 8 nitrogen and oxygen atoms in total. The first-order chi connectivity index (χ1) is 12.7. The monoisotopic (exact) mass is 380 g/mol. The Morgan fingerprint density at radius 3 is 1.85 bits per heavy atom. The molecule has 0 fully saturated rings. The summed E-state index contributed by atoms with van der Waals surface area (Å²) in [5.74, 6) is -1.68. The van der Waals surface area contributed by atoms with Crippen LogP contribution in [-0.4, -0.2) is 46.9 Å².